The van der Waals surface area contributed by atoms with Gasteiger partial charge < -0.3 is 10.0 Å². The zero-order valence-electron chi connectivity index (χ0n) is 13.7. The number of rotatable bonds is 4. The van der Waals surface area contributed by atoms with Crippen LogP contribution >= 0.6 is 0 Å². The lowest BCUT2D eigenvalue weighted by molar-refractivity contribution is -0.137. The molecule has 1 aromatic carbocycles. The molecule has 1 aliphatic rings. The van der Waals surface area contributed by atoms with Crippen molar-refractivity contribution in [2.24, 2.45) is 5.41 Å². The molecule has 0 atom stereocenters. The molecule has 22 heavy (non-hydrogen) atoms. The minimum atomic E-state index is -0.750. The van der Waals surface area contributed by atoms with Gasteiger partial charge in [0.1, 0.15) is 0 Å². The minimum absolute atomic E-state index is 0.159. The first kappa shape index (κ1) is 16.5. The van der Waals surface area contributed by atoms with Crippen LogP contribution in [0.4, 0.5) is 5.69 Å². The third-order valence-corrected chi connectivity index (χ3v) is 4.01. The molecule has 1 heterocycles. The molecule has 0 bridgehead atoms. The third-order valence-electron chi connectivity index (χ3n) is 4.01. The Bertz CT molecular complexity index is 572. The number of aryl methyl sites for hydroxylation is 2. The predicted molar refractivity (Wildman–Crippen MR) is 87.1 cm³/mol. The van der Waals surface area contributed by atoms with Crippen LogP contribution < -0.4 is 4.90 Å². The maximum atomic E-state index is 12.6. The highest BCUT2D eigenvalue weighted by Gasteiger charge is 2.30. The third kappa shape index (κ3) is 3.87. The Hall–Kier alpha value is -1.84. The molecule has 0 aliphatic carbocycles. The summed E-state index contributed by atoms with van der Waals surface area (Å²) in [5.74, 6) is -0.591. The minimum Gasteiger partial charge on any atom is -0.481 e. The van der Waals surface area contributed by atoms with E-state index in [1.807, 2.05) is 37.8 Å². The van der Waals surface area contributed by atoms with Crippen molar-refractivity contribution in [3.63, 3.8) is 0 Å². The summed E-state index contributed by atoms with van der Waals surface area (Å²) in [5.41, 5.74) is 3.00. The van der Waals surface area contributed by atoms with E-state index < -0.39 is 5.97 Å². The van der Waals surface area contributed by atoms with Crippen LogP contribution in [0.3, 0.4) is 0 Å². The fourth-order valence-electron chi connectivity index (χ4n) is 2.87. The molecule has 0 unspecified atom stereocenters. The maximum Gasteiger partial charge on any atom is 0.303 e. The van der Waals surface area contributed by atoms with E-state index in [2.05, 4.69) is 6.07 Å². The van der Waals surface area contributed by atoms with Crippen LogP contribution in [0, 0.1) is 5.41 Å². The Morgan fingerprint density at radius 1 is 1.27 bits per heavy atom. The number of anilines is 1. The number of amides is 1. The average molecular weight is 303 g/mol. The largest absolute Gasteiger partial charge is 0.481 e. The van der Waals surface area contributed by atoms with Crippen molar-refractivity contribution in [2.75, 3.05) is 11.4 Å². The van der Waals surface area contributed by atoms with E-state index in [1.54, 1.807) is 0 Å². The topological polar surface area (TPSA) is 57.6 Å². The van der Waals surface area contributed by atoms with Crippen molar-refractivity contribution in [3.05, 3.63) is 29.3 Å². The van der Waals surface area contributed by atoms with Crippen LogP contribution in [0.25, 0.3) is 0 Å². The van der Waals surface area contributed by atoms with Crippen LogP contribution in [0.15, 0.2) is 18.2 Å². The predicted octanol–water partition coefficient (Wildman–Crippen LogP) is 3.42. The van der Waals surface area contributed by atoms with Crippen molar-refractivity contribution < 1.29 is 14.7 Å². The summed E-state index contributed by atoms with van der Waals surface area (Å²) in [5, 5.41) is 8.71. The molecule has 0 saturated carbocycles. The van der Waals surface area contributed by atoms with Gasteiger partial charge in [0.2, 0.25) is 5.91 Å². The first-order valence-electron chi connectivity index (χ1n) is 7.94. The molecule has 0 saturated heterocycles. The van der Waals surface area contributed by atoms with Gasteiger partial charge in [0.25, 0.3) is 0 Å². The molecule has 0 aromatic heterocycles. The Morgan fingerprint density at radius 3 is 2.64 bits per heavy atom. The highest BCUT2D eigenvalue weighted by molar-refractivity contribution is 5.98. The van der Waals surface area contributed by atoms with Crippen molar-refractivity contribution in [1.29, 1.82) is 0 Å². The van der Waals surface area contributed by atoms with Gasteiger partial charge in [-0.15, -0.1) is 0 Å². The second-order valence-electron chi connectivity index (χ2n) is 7.02. The summed E-state index contributed by atoms with van der Waals surface area (Å²) in [6.07, 6.45) is 3.58. The summed E-state index contributed by atoms with van der Waals surface area (Å²) in [4.78, 5) is 25.1. The van der Waals surface area contributed by atoms with Crippen molar-refractivity contribution in [3.8, 4) is 0 Å². The summed E-state index contributed by atoms with van der Waals surface area (Å²) >= 11 is 0. The van der Waals surface area contributed by atoms with E-state index in [-0.39, 0.29) is 17.7 Å². The van der Waals surface area contributed by atoms with E-state index in [4.69, 9.17) is 5.11 Å². The molecule has 1 amide bonds. The van der Waals surface area contributed by atoms with Gasteiger partial charge in [-0.25, -0.2) is 0 Å². The van der Waals surface area contributed by atoms with E-state index in [0.717, 1.165) is 37.1 Å². The molecular formula is C18H25NO3. The van der Waals surface area contributed by atoms with Crippen LogP contribution in [-0.4, -0.2) is 23.5 Å². The number of nitrogens with zero attached hydrogens (tertiary/aromatic N) is 1. The number of carbonyl (C=O) groups is 2. The molecule has 2 rings (SSSR count). The molecule has 120 valence electrons. The van der Waals surface area contributed by atoms with Crippen LogP contribution in [-0.2, 0) is 22.4 Å². The van der Waals surface area contributed by atoms with Gasteiger partial charge in [-0.1, -0.05) is 32.9 Å². The second kappa shape index (κ2) is 6.51. The van der Waals surface area contributed by atoms with Gasteiger partial charge in [0.15, 0.2) is 0 Å². The number of carboxylic acid groups (broad SMARTS) is 1. The number of carboxylic acids is 1. The van der Waals surface area contributed by atoms with Crippen LogP contribution in [0.5, 0.6) is 0 Å². The molecule has 0 radical (unpaired) electrons. The van der Waals surface area contributed by atoms with Gasteiger partial charge in [0, 0.05) is 24.1 Å². The normalized spacial score (nSPS) is 14.6. The number of benzene rings is 1. The molecule has 0 fully saturated rings. The summed E-state index contributed by atoms with van der Waals surface area (Å²) in [6, 6.07) is 6.18. The number of fused-ring (bicyclic) bond motifs is 1. The van der Waals surface area contributed by atoms with E-state index in [1.165, 1.54) is 5.56 Å². The molecular weight excluding hydrogens is 278 g/mol. The fourth-order valence-corrected chi connectivity index (χ4v) is 2.87. The van der Waals surface area contributed by atoms with Gasteiger partial charge >= 0.3 is 5.97 Å². The molecule has 4 heteroatoms. The number of aliphatic carboxylic acids is 1. The van der Waals surface area contributed by atoms with E-state index in [9.17, 15) is 9.59 Å². The average Bonchev–Trinajstić information content (AvgIpc) is 2.44. The van der Waals surface area contributed by atoms with Crippen molar-refractivity contribution in [2.45, 2.75) is 52.9 Å². The summed E-state index contributed by atoms with van der Waals surface area (Å²) < 4.78 is 0. The van der Waals surface area contributed by atoms with Gasteiger partial charge in [-0.2, -0.15) is 0 Å². The SMILES string of the molecule is CC(C)(C)C(=O)N1CCCc2cc(CCCC(=O)O)ccc21. The lowest BCUT2D eigenvalue weighted by Gasteiger charge is -2.34. The zero-order valence-corrected chi connectivity index (χ0v) is 13.7. The standard InChI is InChI=1S/C18H25NO3/c1-18(2,3)17(22)19-11-5-7-14-12-13(9-10-15(14)19)6-4-8-16(20)21/h9-10,12H,4-8,11H2,1-3H3,(H,20,21). The van der Waals surface area contributed by atoms with Crippen LogP contribution in [0.2, 0.25) is 0 Å². The first-order valence-corrected chi connectivity index (χ1v) is 7.94. The monoisotopic (exact) mass is 303 g/mol. The first-order chi connectivity index (χ1) is 10.3. The summed E-state index contributed by atoms with van der Waals surface area (Å²) in [6.45, 7) is 6.62. The fraction of sp³-hybridized carbons (Fsp3) is 0.556. The molecule has 1 aromatic rings. The highest BCUT2D eigenvalue weighted by atomic mass is 16.4. The van der Waals surface area contributed by atoms with E-state index >= 15 is 0 Å². The van der Waals surface area contributed by atoms with Crippen LogP contribution in [0.1, 0.15) is 51.2 Å². The Balaban J connectivity index is 2.16. The number of hydrogen-bond donors (Lipinski definition) is 1. The van der Waals surface area contributed by atoms with Crippen molar-refractivity contribution in [1.82, 2.24) is 0 Å². The molecule has 4 nitrogen and oxygen atoms in total. The summed E-state index contributed by atoms with van der Waals surface area (Å²) in [7, 11) is 0. The quantitative estimate of drug-likeness (QED) is 0.927. The molecule has 0 spiro atoms. The Kier molecular flexibility index (Phi) is 4.89. The number of hydrogen-bond acceptors (Lipinski definition) is 2. The highest BCUT2D eigenvalue weighted by Crippen LogP contribution is 2.32. The maximum absolute atomic E-state index is 12.6. The molecule has 1 N–H and O–H groups in total. The molecule has 1 aliphatic heterocycles. The van der Waals surface area contributed by atoms with Gasteiger partial charge in [0.05, 0.1) is 0 Å². The van der Waals surface area contributed by atoms with Gasteiger partial charge in [-0.3, -0.25) is 9.59 Å². The smallest absolute Gasteiger partial charge is 0.303 e. The van der Waals surface area contributed by atoms with Gasteiger partial charge in [-0.05, 0) is 42.9 Å². The van der Waals surface area contributed by atoms with E-state index in [0.29, 0.717) is 6.42 Å². The Morgan fingerprint density at radius 2 is 2.00 bits per heavy atom. The van der Waals surface area contributed by atoms with Crippen molar-refractivity contribution >= 4 is 17.6 Å². The second-order valence-corrected chi connectivity index (χ2v) is 7.02. The lowest BCUT2D eigenvalue weighted by atomic mass is 9.91. The zero-order chi connectivity index (χ0) is 16.3. The number of carbonyl (C=O) groups excluding carboxylic acids is 1. The Labute approximate surface area is 132 Å². The lowest BCUT2D eigenvalue weighted by Crippen LogP contribution is -2.42.